The Morgan fingerprint density at radius 3 is 2.47 bits per heavy atom. The predicted molar refractivity (Wildman–Crippen MR) is 63.5 cm³/mol. The number of unbranched alkanes of at least 4 members (excludes halogenated alkanes) is 1. The number of hydrogen-bond donors (Lipinski definition) is 0. The van der Waals surface area contributed by atoms with Crippen LogP contribution in [-0.2, 0) is 0 Å². The van der Waals surface area contributed by atoms with Gasteiger partial charge in [-0.2, -0.15) is 5.26 Å². The van der Waals surface area contributed by atoms with Gasteiger partial charge in [-0.25, -0.2) is 0 Å². The van der Waals surface area contributed by atoms with Gasteiger partial charge in [0.25, 0.3) is 0 Å². The highest BCUT2D eigenvalue weighted by Crippen LogP contribution is 2.21. The number of hydrogen-bond acceptors (Lipinski definition) is 2. The van der Waals surface area contributed by atoms with E-state index in [0.29, 0.717) is 5.92 Å². The molecule has 0 N–H and O–H groups in total. The second kappa shape index (κ2) is 6.85. The Morgan fingerprint density at radius 2 is 2.00 bits per heavy atom. The Hall–Kier alpha value is -0.550. The van der Waals surface area contributed by atoms with Crippen LogP contribution >= 0.6 is 0 Å². The largest absolute Gasteiger partial charge is 0.300 e. The Morgan fingerprint density at radius 1 is 1.33 bits per heavy atom. The molecule has 0 aromatic rings. The lowest BCUT2D eigenvalue weighted by Crippen LogP contribution is -2.40. The Bertz CT molecular complexity index is 199. The molecule has 1 rings (SSSR count). The third-order valence-corrected chi connectivity index (χ3v) is 3.59. The van der Waals surface area contributed by atoms with Crippen molar-refractivity contribution in [3.8, 4) is 6.07 Å². The third kappa shape index (κ3) is 3.83. The molecule has 15 heavy (non-hydrogen) atoms. The van der Waals surface area contributed by atoms with Gasteiger partial charge in [-0.05, 0) is 38.8 Å². The molecule has 0 aromatic heterocycles. The summed E-state index contributed by atoms with van der Waals surface area (Å²) in [7, 11) is 0. The SMILES string of the molecule is CCCCC(CC)N1CCC(C#N)CC1. The van der Waals surface area contributed by atoms with Crippen LogP contribution in [0, 0.1) is 17.2 Å². The van der Waals surface area contributed by atoms with Gasteiger partial charge in [-0.1, -0.05) is 26.7 Å². The maximum absolute atomic E-state index is 8.85. The molecule has 1 saturated heterocycles. The van der Waals surface area contributed by atoms with E-state index in [0.717, 1.165) is 32.0 Å². The summed E-state index contributed by atoms with van der Waals surface area (Å²) >= 11 is 0. The van der Waals surface area contributed by atoms with E-state index in [-0.39, 0.29) is 0 Å². The standard InChI is InChI=1S/C13H24N2/c1-3-5-6-13(4-2)15-9-7-12(11-14)8-10-15/h12-13H,3-10H2,1-2H3. The molecular weight excluding hydrogens is 184 g/mol. The van der Waals surface area contributed by atoms with Crippen LogP contribution in [0.25, 0.3) is 0 Å². The average molecular weight is 208 g/mol. The Balaban J connectivity index is 2.33. The second-order valence-electron chi connectivity index (χ2n) is 4.64. The van der Waals surface area contributed by atoms with Crippen molar-refractivity contribution in [3.63, 3.8) is 0 Å². The predicted octanol–water partition coefficient (Wildman–Crippen LogP) is 3.19. The van der Waals surface area contributed by atoms with Gasteiger partial charge in [-0.15, -0.1) is 0 Å². The first kappa shape index (κ1) is 12.5. The number of nitriles is 1. The highest BCUT2D eigenvalue weighted by Gasteiger charge is 2.23. The third-order valence-electron chi connectivity index (χ3n) is 3.59. The topological polar surface area (TPSA) is 27.0 Å². The van der Waals surface area contributed by atoms with E-state index in [1.165, 1.54) is 25.7 Å². The van der Waals surface area contributed by atoms with Crippen LogP contribution < -0.4 is 0 Å². The van der Waals surface area contributed by atoms with Crippen LogP contribution in [0.2, 0.25) is 0 Å². The maximum Gasteiger partial charge on any atom is 0.0656 e. The van der Waals surface area contributed by atoms with Gasteiger partial charge in [0, 0.05) is 12.0 Å². The molecule has 0 bridgehead atoms. The van der Waals surface area contributed by atoms with Gasteiger partial charge in [0.15, 0.2) is 0 Å². The van der Waals surface area contributed by atoms with Gasteiger partial charge >= 0.3 is 0 Å². The Labute approximate surface area is 94.3 Å². The van der Waals surface area contributed by atoms with Crippen LogP contribution in [-0.4, -0.2) is 24.0 Å². The molecule has 86 valence electrons. The molecule has 0 amide bonds. The van der Waals surface area contributed by atoms with E-state index in [4.69, 9.17) is 5.26 Å². The van der Waals surface area contributed by atoms with Crippen LogP contribution in [0.4, 0.5) is 0 Å². The van der Waals surface area contributed by atoms with E-state index in [2.05, 4.69) is 24.8 Å². The lowest BCUT2D eigenvalue weighted by atomic mass is 9.95. The fraction of sp³-hybridized carbons (Fsp3) is 0.923. The maximum atomic E-state index is 8.85. The van der Waals surface area contributed by atoms with Gasteiger partial charge in [0.05, 0.1) is 6.07 Å². The van der Waals surface area contributed by atoms with E-state index in [1.807, 2.05) is 0 Å². The smallest absolute Gasteiger partial charge is 0.0656 e. The summed E-state index contributed by atoms with van der Waals surface area (Å²) in [4.78, 5) is 2.60. The van der Waals surface area contributed by atoms with Crippen LogP contribution in [0.3, 0.4) is 0 Å². The first-order chi connectivity index (χ1) is 7.31. The summed E-state index contributed by atoms with van der Waals surface area (Å²) in [6.07, 6.45) is 7.40. The molecule has 0 aliphatic carbocycles. The average Bonchev–Trinajstić information content (AvgIpc) is 2.31. The summed E-state index contributed by atoms with van der Waals surface area (Å²) in [5, 5.41) is 8.85. The van der Waals surface area contributed by atoms with E-state index in [1.54, 1.807) is 0 Å². The number of likely N-dealkylation sites (tertiary alicyclic amines) is 1. The highest BCUT2D eigenvalue weighted by atomic mass is 15.2. The van der Waals surface area contributed by atoms with Gasteiger partial charge in [-0.3, -0.25) is 0 Å². The van der Waals surface area contributed by atoms with Crippen LogP contribution in [0.15, 0.2) is 0 Å². The number of rotatable bonds is 5. The zero-order valence-corrected chi connectivity index (χ0v) is 10.2. The molecule has 1 atom stereocenters. The normalized spacial score (nSPS) is 21.1. The summed E-state index contributed by atoms with van der Waals surface area (Å²) in [5.41, 5.74) is 0. The minimum atomic E-state index is 0.324. The number of piperidine rings is 1. The summed E-state index contributed by atoms with van der Waals surface area (Å²) < 4.78 is 0. The molecule has 1 aliphatic rings. The highest BCUT2D eigenvalue weighted by molar-refractivity contribution is 4.88. The van der Waals surface area contributed by atoms with Gasteiger partial charge < -0.3 is 4.90 Å². The van der Waals surface area contributed by atoms with Crippen molar-refractivity contribution in [1.82, 2.24) is 4.90 Å². The van der Waals surface area contributed by atoms with Crippen LogP contribution in [0.1, 0.15) is 52.4 Å². The molecular formula is C13H24N2. The first-order valence-electron chi connectivity index (χ1n) is 6.45. The lowest BCUT2D eigenvalue weighted by Gasteiger charge is -2.35. The Kier molecular flexibility index (Phi) is 5.71. The molecule has 0 spiro atoms. The molecule has 0 radical (unpaired) electrons. The minimum absolute atomic E-state index is 0.324. The van der Waals surface area contributed by atoms with Crippen molar-refractivity contribution in [1.29, 1.82) is 5.26 Å². The van der Waals surface area contributed by atoms with Crippen molar-refractivity contribution < 1.29 is 0 Å². The zero-order chi connectivity index (χ0) is 11.1. The molecule has 1 unspecified atom stereocenters. The second-order valence-corrected chi connectivity index (χ2v) is 4.64. The van der Waals surface area contributed by atoms with Crippen molar-refractivity contribution in [2.75, 3.05) is 13.1 Å². The van der Waals surface area contributed by atoms with E-state index >= 15 is 0 Å². The minimum Gasteiger partial charge on any atom is -0.300 e. The first-order valence-corrected chi connectivity index (χ1v) is 6.45. The monoisotopic (exact) mass is 208 g/mol. The van der Waals surface area contributed by atoms with Crippen molar-refractivity contribution in [2.45, 2.75) is 58.4 Å². The summed E-state index contributed by atoms with van der Waals surface area (Å²) in [6, 6.07) is 3.17. The fourth-order valence-corrected chi connectivity index (χ4v) is 2.48. The molecule has 1 fully saturated rings. The molecule has 0 aromatic carbocycles. The van der Waals surface area contributed by atoms with Crippen molar-refractivity contribution in [3.05, 3.63) is 0 Å². The number of nitrogens with zero attached hydrogens (tertiary/aromatic N) is 2. The molecule has 2 nitrogen and oxygen atoms in total. The molecule has 0 saturated carbocycles. The fourth-order valence-electron chi connectivity index (χ4n) is 2.48. The molecule has 2 heteroatoms. The van der Waals surface area contributed by atoms with Crippen LogP contribution in [0.5, 0.6) is 0 Å². The molecule has 1 aliphatic heterocycles. The van der Waals surface area contributed by atoms with Gasteiger partial charge in [0.2, 0.25) is 0 Å². The lowest BCUT2D eigenvalue weighted by molar-refractivity contribution is 0.134. The van der Waals surface area contributed by atoms with Crippen molar-refractivity contribution >= 4 is 0 Å². The van der Waals surface area contributed by atoms with E-state index in [9.17, 15) is 0 Å². The quantitative estimate of drug-likeness (QED) is 0.694. The summed E-state index contributed by atoms with van der Waals surface area (Å²) in [6.45, 7) is 6.83. The zero-order valence-electron chi connectivity index (χ0n) is 10.2. The van der Waals surface area contributed by atoms with Gasteiger partial charge in [0.1, 0.15) is 0 Å². The van der Waals surface area contributed by atoms with E-state index < -0.39 is 0 Å². The van der Waals surface area contributed by atoms with Crippen molar-refractivity contribution in [2.24, 2.45) is 5.92 Å². The summed E-state index contributed by atoms with van der Waals surface area (Å²) in [5.74, 6) is 0.324. The molecule has 1 heterocycles.